The van der Waals surface area contributed by atoms with Crippen LogP contribution in [0.5, 0.6) is 0 Å². The van der Waals surface area contributed by atoms with Crippen LogP contribution >= 0.6 is 0 Å². The molecule has 0 aromatic heterocycles. The van der Waals surface area contributed by atoms with Crippen molar-refractivity contribution >= 4 is 11.9 Å². The number of rotatable bonds is 4. The van der Waals surface area contributed by atoms with E-state index in [4.69, 9.17) is 5.11 Å². The lowest BCUT2D eigenvalue weighted by Gasteiger charge is -2.41. The predicted octanol–water partition coefficient (Wildman–Crippen LogP) is 1.24. The highest BCUT2D eigenvalue weighted by Gasteiger charge is 2.63. The highest BCUT2D eigenvalue weighted by atomic mass is 19.4. The van der Waals surface area contributed by atoms with Crippen molar-refractivity contribution in [2.24, 2.45) is 5.41 Å². The summed E-state index contributed by atoms with van der Waals surface area (Å²) in [5, 5.41) is 11.7. The quantitative estimate of drug-likeness (QED) is 0.819. The Balaban J connectivity index is 3.22. The number of carboxylic acids is 1. The van der Waals surface area contributed by atoms with Gasteiger partial charge in [-0.1, -0.05) is 0 Å². The third-order valence-corrected chi connectivity index (χ3v) is 3.87. The molecule has 0 radical (unpaired) electrons. The fourth-order valence-corrected chi connectivity index (χ4v) is 2.40. The van der Waals surface area contributed by atoms with Crippen molar-refractivity contribution in [3.05, 3.63) is 0 Å². The van der Waals surface area contributed by atoms with Crippen LogP contribution in [-0.2, 0) is 9.59 Å². The molecule has 1 rings (SSSR count). The topological polar surface area (TPSA) is 69.6 Å². The van der Waals surface area contributed by atoms with Gasteiger partial charge in [0.1, 0.15) is 5.54 Å². The summed E-state index contributed by atoms with van der Waals surface area (Å²) < 4.78 is 40.0. The molecular formula is C12H19F3N2O3. The second-order valence-corrected chi connectivity index (χ2v) is 5.42. The van der Waals surface area contributed by atoms with Crippen molar-refractivity contribution in [3.63, 3.8) is 0 Å². The number of amides is 1. The third-order valence-electron chi connectivity index (χ3n) is 3.87. The molecule has 20 heavy (non-hydrogen) atoms. The number of carbonyl (C=O) groups is 2. The van der Waals surface area contributed by atoms with Crippen LogP contribution < -0.4 is 5.32 Å². The number of nitrogens with one attached hydrogen (secondary N) is 1. The minimum absolute atomic E-state index is 0.0797. The van der Waals surface area contributed by atoms with Crippen molar-refractivity contribution in [1.82, 2.24) is 10.2 Å². The van der Waals surface area contributed by atoms with Gasteiger partial charge in [-0.05, 0) is 33.7 Å². The predicted molar refractivity (Wildman–Crippen MR) is 65.1 cm³/mol. The van der Waals surface area contributed by atoms with Gasteiger partial charge in [-0.25, -0.2) is 4.79 Å². The van der Waals surface area contributed by atoms with Gasteiger partial charge in [-0.15, -0.1) is 0 Å². The number of alkyl halides is 3. The normalized spacial score (nSPS) is 23.7. The van der Waals surface area contributed by atoms with Crippen LogP contribution in [0.15, 0.2) is 0 Å². The van der Waals surface area contributed by atoms with Crippen LogP contribution in [0, 0.1) is 5.41 Å². The maximum Gasteiger partial charge on any atom is 0.404 e. The molecule has 5 nitrogen and oxygen atoms in total. The molecule has 1 atom stereocenters. The average molecular weight is 296 g/mol. The van der Waals surface area contributed by atoms with Crippen LogP contribution in [0.25, 0.3) is 0 Å². The van der Waals surface area contributed by atoms with Crippen LogP contribution in [-0.4, -0.2) is 53.2 Å². The Morgan fingerprint density at radius 3 is 2.20 bits per heavy atom. The van der Waals surface area contributed by atoms with Crippen molar-refractivity contribution in [1.29, 1.82) is 0 Å². The second kappa shape index (κ2) is 5.23. The molecule has 1 heterocycles. The molecule has 0 bridgehead atoms. The van der Waals surface area contributed by atoms with E-state index in [2.05, 4.69) is 5.32 Å². The molecule has 1 fully saturated rings. The Morgan fingerprint density at radius 1 is 1.35 bits per heavy atom. The zero-order valence-electron chi connectivity index (χ0n) is 11.7. The van der Waals surface area contributed by atoms with Gasteiger partial charge in [-0.3, -0.25) is 4.79 Å². The molecular weight excluding hydrogens is 277 g/mol. The first-order chi connectivity index (χ1) is 9.00. The molecule has 1 unspecified atom stereocenters. The summed E-state index contributed by atoms with van der Waals surface area (Å²) >= 11 is 0. The SMILES string of the molecule is CCN(C(=O)C1(C(F)(F)F)CCNC1)C(C)(C)C(=O)O. The van der Waals surface area contributed by atoms with Gasteiger partial charge in [0.25, 0.3) is 0 Å². The van der Waals surface area contributed by atoms with Crippen LogP contribution in [0.2, 0.25) is 0 Å². The highest BCUT2D eigenvalue weighted by Crippen LogP contribution is 2.45. The molecule has 0 spiro atoms. The summed E-state index contributed by atoms with van der Waals surface area (Å²) in [4.78, 5) is 24.4. The number of likely N-dealkylation sites (N-methyl/N-ethyl adjacent to an activating group) is 1. The number of hydrogen-bond acceptors (Lipinski definition) is 3. The maximum atomic E-state index is 13.3. The average Bonchev–Trinajstić information content (AvgIpc) is 2.78. The number of halogens is 3. The monoisotopic (exact) mass is 296 g/mol. The Kier molecular flexibility index (Phi) is 4.38. The number of hydrogen-bond donors (Lipinski definition) is 2. The van der Waals surface area contributed by atoms with E-state index in [0.717, 1.165) is 4.90 Å². The first-order valence-corrected chi connectivity index (χ1v) is 6.33. The van der Waals surface area contributed by atoms with E-state index in [-0.39, 0.29) is 19.5 Å². The summed E-state index contributed by atoms with van der Waals surface area (Å²) in [6, 6.07) is 0. The third kappa shape index (κ3) is 2.48. The molecule has 2 N–H and O–H groups in total. The maximum absolute atomic E-state index is 13.3. The zero-order valence-corrected chi connectivity index (χ0v) is 11.7. The number of carbonyl (C=O) groups excluding carboxylic acids is 1. The smallest absolute Gasteiger partial charge is 0.404 e. The number of carboxylic acid groups (broad SMARTS) is 1. The summed E-state index contributed by atoms with van der Waals surface area (Å²) in [7, 11) is 0. The molecule has 0 saturated carbocycles. The molecule has 0 aromatic rings. The molecule has 8 heteroatoms. The zero-order chi connectivity index (χ0) is 15.8. The van der Waals surface area contributed by atoms with Gasteiger partial charge in [0.2, 0.25) is 5.91 Å². The molecule has 1 amide bonds. The largest absolute Gasteiger partial charge is 0.480 e. The van der Waals surface area contributed by atoms with Gasteiger partial charge in [-0.2, -0.15) is 13.2 Å². The fourth-order valence-electron chi connectivity index (χ4n) is 2.40. The van der Waals surface area contributed by atoms with Gasteiger partial charge in [0.05, 0.1) is 0 Å². The Morgan fingerprint density at radius 2 is 1.90 bits per heavy atom. The van der Waals surface area contributed by atoms with E-state index in [1.165, 1.54) is 20.8 Å². The first kappa shape index (κ1) is 16.7. The number of aliphatic carboxylic acids is 1. The van der Waals surface area contributed by atoms with Crippen LogP contribution in [0.4, 0.5) is 13.2 Å². The lowest BCUT2D eigenvalue weighted by molar-refractivity contribution is -0.224. The molecule has 1 aliphatic heterocycles. The van der Waals surface area contributed by atoms with Gasteiger partial charge in [0.15, 0.2) is 5.41 Å². The van der Waals surface area contributed by atoms with E-state index in [0.29, 0.717) is 0 Å². The van der Waals surface area contributed by atoms with Gasteiger partial charge in [0, 0.05) is 13.1 Å². The van der Waals surface area contributed by atoms with E-state index < -0.39 is 35.6 Å². The van der Waals surface area contributed by atoms with E-state index in [9.17, 15) is 22.8 Å². The van der Waals surface area contributed by atoms with Crippen molar-refractivity contribution in [3.8, 4) is 0 Å². The second-order valence-electron chi connectivity index (χ2n) is 5.42. The van der Waals surface area contributed by atoms with Gasteiger partial charge < -0.3 is 15.3 Å². The van der Waals surface area contributed by atoms with Gasteiger partial charge >= 0.3 is 12.1 Å². The lowest BCUT2D eigenvalue weighted by atomic mass is 9.83. The van der Waals surface area contributed by atoms with Crippen LogP contribution in [0.1, 0.15) is 27.2 Å². The minimum Gasteiger partial charge on any atom is -0.480 e. The van der Waals surface area contributed by atoms with Crippen molar-refractivity contribution in [2.45, 2.75) is 38.9 Å². The van der Waals surface area contributed by atoms with E-state index >= 15 is 0 Å². The van der Waals surface area contributed by atoms with Crippen molar-refractivity contribution < 1.29 is 27.9 Å². The molecule has 0 aliphatic carbocycles. The van der Waals surface area contributed by atoms with Crippen molar-refractivity contribution in [2.75, 3.05) is 19.6 Å². The Bertz CT molecular complexity index is 401. The lowest BCUT2D eigenvalue weighted by Crippen LogP contribution is -2.61. The fraction of sp³-hybridized carbons (Fsp3) is 0.833. The first-order valence-electron chi connectivity index (χ1n) is 6.33. The van der Waals surface area contributed by atoms with E-state index in [1.807, 2.05) is 0 Å². The standard InChI is InChI=1S/C12H19F3N2O3/c1-4-17(10(2,3)9(19)20)8(18)11(12(13,14)15)5-6-16-7-11/h16H,4-7H2,1-3H3,(H,19,20). The van der Waals surface area contributed by atoms with E-state index in [1.54, 1.807) is 0 Å². The minimum atomic E-state index is -4.71. The summed E-state index contributed by atoms with van der Waals surface area (Å²) in [6.07, 6.45) is -5.09. The summed E-state index contributed by atoms with van der Waals surface area (Å²) in [5.41, 5.74) is -4.22. The molecule has 1 aliphatic rings. The highest BCUT2D eigenvalue weighted by molar-refractivity contribution is 5.90. The Hall–Kier alpha value is -1.31. The molecule has 116 valence electrons. The molecule has 1 saturated heterocycles. The van der Waals surface area contributed by atoms with Crippen LogP contribution in [0.3, 0.4) is 0 Å². The summed E-state index contributed by atoms with van der Waals surface area (Å²) in [6.45, 7) is 3.38. The molecule has 0 aromatic carbocycles. The Labute approximate surface area is 115 Å². The summed E-state index contributed by atoms with van der Waals surface area (Å²) in [5.74, 6) is -2.51. The number of nitrogens with zero attached hydrogens (tertiary/aromatic N) is 1.